The molecule has 1 heterocycles. The van der Waals surface area contributed by atoms with Gasteiger partial charge in [0.25, 0.3) is 0 Å². The molecular formula is C21H24FNO2. The first kappa shape index (κ1) is 17.6. The summed E-state index contributed by atoms with van der Waals surface area (Å²) in [5.74, 6) is -0.204. The zero-order chi connectivity index (χ0) is 17.9. The Morgan fingerprint density at radius 1 is 1.16 bits per heavy atom. The number of halogens is 1. The van der Waals surface area contributed by atoms with Gasteiger partial charge in [0.2, 0.25) is 5.91 Å². The van der Waals surface area contributed by atoms with Gasteiger partial charge < -0.3 is 10.0 Å². The van der Waals surface area contributed by atoms with E-state index in [-0.39, 0.29) is 24.4 Å². The SMILES string of the molecule is C[C@@H](c1ccccc1)N1CCC(CCO)(c2ccc(F)cc2)CC1=O. The van der Waals surface area contributed by atoms with Crippen molar-refractivity contribution in [3.8, 4) is 0 Å². The molecule has 25 heavy (non-hydrogen) atoms. The molecule has 1 saturated heterocycles. The van der Waals surface area contributed by atoms with E-state index in [9.17, 15) is 14.3 Å². The average Bonchev–Trinajstić information content (AvgIpc) is 2.63. The number of aliphatic hydroxyl groups is 1. The van der Waals surface area contributed by atoms with Crippen molar-refractivity contribution in [2.75, 3.05) is 13.2 Å². The van der Waals surface area contributed by atoms with Crippen LogP contribution in [0.2, 0.25) is 0 Å². The molecule has 1 N–H and O–H groups in total. The summed E-state index contributed by atoms with van der Waals surface area (Å²) in [6.07, 6.45) is 1.62. The monoisotopic (exact) mass is 341 g/mol. The van der Waals surface area contributed by atoms with Crippen LogP contribution in [0.25, 0.3) is 0 Å². The topological polar surface area (TPSA) is 40.5 Å². The first-order valence-electron chi connectivity index (χ1n) is 8.77. The van der Waals surface area contributed by atoms with Crippen molar-refractivity contribution in [3.05, 3.63) is 71.5 Å². The number of aliphatic hydroxyl groups excluding tert-OH is 1. The number of likely N-dealkylation sites (tertiary alicyclic amines) is 1. The summed E-state index contributed by atoms with van der Waals surface area (Å²) in [5.41, 5.74) is 1.64. The van der Waals surface area contributed by atoms with Crippen molar-refractivity contribution < 1.29 is 14.3 Å². The lowest BCUT2D eigenvalue weighted by molar-refractivity contribution is -0.138. The standard InChI is InChI=1S/C21H24FNO2/c1-16(17-5-3-2-4-6-17)23-13-11-21(12-14-24,15-20(23)25)18-7-9-19(22)10-8-18/h2-10,16,24H,11-15H2,1H3/t16-,21?/m0/s1. The van der Waals surface area contributed by atoms with E-state index < -0.39 is 5.41 Å². The Balaban J connectivity index is 1.82. The van der Waals surface area contributed by atoms with Crippen LogP contribution in [0.5, 0.6) is 0 Å². The molecule has 4 heteroatoms. The minimum Gasteiger partial charge on any atom is -0.396 e. The Labute approximate surface area is 148 Å². The Kier molecular flexibility index (Phi) is 5.19. The molecular weight excluding hydrogens is 317 g/mol. The molecule has 1 aliphatic rings. The second-order valence-electron chi connectivity index (χ2n) is 6.86. The van der Waals surface area contributed by atoms with Crippen LogP contribution >= 0.6 is 0 Å². The van der Waals surface area contributed by atoms with Crippen molar-refractivity contribution in [2.45, 2.75) is 37.6 Å². The third-order valence-corrected chi connectivity index (χ3v) is 5.44. The molecule has 132 valence electrons. The van der Waals surface area contributed by atoms with Gasteiger partial charge in [-0.3, -0.25) is 4.79 Å². The van der Waals surface area contributed by atoms with Crippen molar-refractivity contribution in [3.63, 3.8) is 0 Å². The molecule has 0 aliphatic carbocycles. The largest absolute Gasteiger partial charge is 0.396 e. The van der Waals surface area contributed by atoms with E-state index in [4.69, 9.17) is 0 Å². The molecule has 0 saturated carbocycles. The van der Waals surface area contributed by atoms with E-state index in [1.807, 2.05) is 42.2 Å². The van der Waals surface area contributed by atoms with E-state index in [0.717, 1.165) is 17.5 Å². The molecule has 0 bridgehead atoms. The van der Waals surface area contributed by atoms with Gasteiger partial charge in [-0.25, -0.2) is 4.39 Å². The average molecular weight is 341 g/mol. The Morgan fingerprint density at radius 2 is 1.84 bits per heavy atom. The fourth-order valence-electron chi connectivity index (χ4n) is 3.88. The van der Waals surface area contributed by atoms with Crippen molar-refractivity contribution in [1.29, 1.82) is 0 Å². The lowest BCUT2D eigenvalue weighted by atomic mass is 9.70. The number of hydrogen-bond donors (Lipinski definition) is 1. The third kappa shape index (κ3) is 3.59. The molecule has 3 rings (SSSR count). The molecule has 0 radical (unpaired) electrons. The molecule has 2 aromatic carbocycles. The van der Waals surface area contributed by atoms with Gasteiger partial charge in [0.15, 0.2) is 0 Å². The van der Waals surface area contributed by atoms with Crippen LogP contribution in [-0.4, -0.2) is 29.1 Å². The van der Waals surface area contributed by atoms with E-state index in [0.29, 0.717) is 19.4 Å². The third-order valence-electron chi connectivity index (χ3n) is 5.44. The number of nitrogens with zero attached hydrogens (tertiary/aromatic N) is 1. The maximum absolute atomic E-state index is 13.3. The summed E-state index contributed by atoms with van der Waals surface area (Å²) >= 11 is 0. The van der Waals surface area contributed by atoms with Crippen LogP contribution in [0, 0.1) is 5.82 Å². The smallest absolute Gasteiger partial charge is 0.223 e. The van der Waals surface area contributed by atoms with Crippen LogP contribution in [0.3, 0.4) is 0 Å². The van der Waals surface area contributed by atoms with Gasteiger partial charge >= 0.3 is 0 Å². The van der Waals surface area contributed by atoms with Crippen molar-refractivity contribution in [1.82, 2.24) is 4.90 Å². The Bertz CT molecular complexity index is 716. The summed E-state index contributed by atoms with van der Waals surface area (Å²) in [4.78, 5) is 14.8. The number of hydrogen-bond acceptors (Lipinski definition) is 2. The molecule has 1 unspecified atom stereocenters. The van der Waals surface area contributed by atoms with Crippen LogP contribution in [0.1, 0.15) is 43.4 Å². The first-order valence-corrected chi connectivity index (χ1v) is 8.77. The minimum absolute atomic E-state index is 0.0128. The summed E-state index contributed by atoms with van der Waals surface area (Å²) in [5, 5.41) is 9.54. The predicted molar refractivity (Wildman–Crippen MR) is 95.6 cm³/mol. The van der Waals surface area contributed by atoms with E-state index >= 15 is 0 Å². The summed E-state index contributed by atoms with van der Waals surface area (Å²) in [7, 11) is 0. The minimum atomic E-state index is -0.410. The molecule has 1 fully saturated rings. The normalized spacial score (nSPS) is 22.0. The van der Waals surface area contributed by atoms with Gasteiger partial charge in [0, 0.05) is 25.0 Å². The fraction of sp³-hybridized carbons (Fsp3) is 0.381. The molecule has 0 spiro atoms. The number of piperidine rings is 1. The first-order chi connectivity index (χ1) is 12.1. The predicted octanol–water partition coefficient (Wildman–Crippen LogP) is 3.83. The molecule has 1 amide bonds. The van der Waals surface area contributed by atoms with Crippen molar-refractivity contribution in [2.24, 2.45) is 0 Å². The van der Waals surface area contributed by atoms with Crippen LogP contribution in [0.15, 0.2) is 54.6 Å². The van der Waals surface area contributed by atoms with E-state index in [2.05, 4.69) is 0 Å². The highest BCUT2D eigenvalue weighted by Crippen LogP contribution is 2.41. The van der Waals surface area contributed by atoms with Crippen LogP contribution in [0.4, 0.5) is 4.39 Å². The van der Waals surface area contributed by atoms with Crippen molar-refractivity contribution >= 4 is 5.91 Å². The van der Waals surface area contributed by atoms with Crippen LogP contribution < -0.4 is 0 Å². The van der Waals surface area contributed by atoms with Gasteiger partial charge in [-0.15, -0.1) is 0 Å². The molecule has 3 nitrogen and oxygen atoms in total. The van der Waals surface area contributed by atoms with Gasteiger partial charge in [-0.05, 0) is 43.0 Å². The molecule has 1 aliphatic heterocycles. The van der Waals surface area contributed by atoms with Crippen LogP contribution in [-0.2, 0) is 10.2 Å². The number of carbonyl (C=O) groups excluding carboxylic acids is 1. The Morgan fingerprint density at radius 3 is 2.44 bits per heavy atom. The van der Waals surface area contributed by atoms with Gasteiger partial charge in [0.1, 0.15) is 5.82 Å². The van der Waals surface area contributed by atoms with E-state index in [1.165, 1.54) is 12.1 Å². The summed E-state index contributed by atoms with van der Waals surface area (Å²) in [6.45, 7) is 2.69. The summed E-state index contributed by atoms with van der Waals surface area (Å²) in [6, 6.07) is 16.4. The zero-order valence-corrected chi connectivity index (χ0v) is 14.5. The number of carbonyl (C=O) groups is 1. The lowest BCUT2D eigenvalue weighted by Gasteiger charge is -2.43. The quantitative estimate of drug-likeness (QED) is 0.898. The molecule has 2 aromatic rings. The Hall–Kier alpha value is -2.20. The molecule has 0 aromatic heterocycles. The number of benzene rings is 2. The highest BCUT2D eigenvalue weighted by Gasteiger charge is 2.41. The second kappa shape index (κ2) is 7.36. The highest BCUT2D eigenvalue weighted by atomic mass is 19.1. The van der Waals surface area contributed by atoms with Gasteiger partial charge in [-0.2, -0.15) is 0 Å². The maximum Gasteiger partial charge on any atom is 0.223 e. The number of rotatable bonds is 5. The van der Waals surface area contributed by atoms with Gasteiger partial charge in [-0.1, -0.05) is 42.5 Å². The molecule has 2 atom stereocenters. The number of amides is 1. The van der Waals surface area contributed by atoms with E-state index in [1.54, 1.807) is 12.1 Å². The van der Waals surface area contributed by atoms with Gasteiger partial charge in [0.05, 0.1) is 6.04 Å². The lowest BCUT2D eigenvalue weighted by Crippen LogP contribution is -2.47. The zero-order valence-electron chi connectivity index (χ0n) is 14.5. The summed E-state index contributed by atoms with van der Waals surface area (Å²) < 4.78 is 13.3. The highest BCUT2D eigenvalue weighted by molar-refractivity contribution is 5.79. The second-order valence-corrected chi connectivity index (χ2v) is 6.86. The maximum atomic E-state index is 13.3. The fourth-order valence-corrected chi connectivity index (χ4v) is 3.88.